The van der Waals surface area contributed by atoms with Crippen molar-refractivity contribution in [3.63, 3.8) is 0 Å². The first-order valence-electron chi connectivity index (χ1n) is 4.29. The third-order valence-electron chi connectivity index (χ3n) is 2.14. The van der Waals surface area contributed by atoms with E-state index < -0.39 is 0 Å². The molecule has 0 unspecified atom stereocenters. The molecule has 1 amide bonds. The van der Waals surface area contributed by atoms with Gasteiger partial charge in [0.25, 0.3) is 0 Å². The van der Waals surface area contributed by atoms with Gasteiger partial charge >= 0.3 is 0 Å². The summed E-state index contributed by atoms with van der Waals surface area (Å²) in [5.74, 6) is 0.959. The van der Waals surface area contributed by atoms with Gasteiger partial charge in [-0.25, -0.2) is 0 Å². The number of aryl methyl sites for hydroxylation is 1. The lowest BCUT2D eigenvalue weighted by molar-refractivity contribution is -0.751. The van der Waals surface area contributed by atoms with E-state index in [1.54, 1.807) is 0 Å². The highest BCUT2D eigenvalue weighted by molar-refractivity contribution is 5.91. The van der Waals surface area contributed by atoms with Crippen molar-refractivity contribution in [1.29, 1.82) is 0 Å². The van der Waals surface area contributed by atoms with Crippen molar-refractivity contribution in [1.82, 2.24) is 4.68 Å². The molecule has 2 heterocycles. The van der Waals surface area contributed by atoms with Gasteiger partial charge in [0.15, 0.2) is 18.6 Å². The van der Waals surface area contributed by atoms with Crippen LogP contribution in [0.3, 0.4) is 0 Å². The number of amides is 1. The van der Waals surface area contributed by atoms with Gasteiger partial charge in [-0.05, 0) is 0 Å². The zero-order valence-corrected chi connectivity index (χ0v) is 7.79. The van der Waals surface area contributed by atoms with E-state index in [1.807, 2.05) is 17.9 Å². The Balaban J connectivity index is 2.36. The van der Waals surface area contributed by atoms with Gasteiger partial charge in [-0.2, -0.15) is 0 Å². The van der Waals surface area contributed by atoms with Crippen LogP contribution in [0.25, 0.3) is 0 Å². The van der Waals surface area contributed by atoms with Crippen LogP contribution >= 0.6 is 0 Å². The summed E-state index contributed by atoms with van der Waals surface area (Å²) in [4.78, 5) is 10.9. The highest BCUT2D eigenvalue weighted by atomic mass is 16.1. The van der Waals surface area contributed by atoms with Gasteiger partial charge in [0.2, 0.25) is 12.1 Å². The number of hydrogen-bond donors (Lipinski definition) is 2. The second kappa shape index (κ2) is 2.76. The fourth-order valence-electron chi connectivity index (χ4n) is 1.63. The lowest BCUT2D eigenvalue weighted by Crippen LogP contribution is -2.37. The van der Waals surface area contributed by atoms with Gasteiger partial charge < -0.3 is 10.6 Å². The molecule has 1 aromatic heterocycles. The van der Waals surface area contributed by atoms with Crippen molar-refractivity contribution in [3.05, 3.63) is 6.20 Å². The third-order valence-corrected chi connectivity index (χ3v) is 2.14. The number of fused-ring (bicyclic) bond motifs is 1. The van der Waals surface area contributed by atoms with Crippen LogP contribution in [-0.4, -0.2) is 17.1 Å². The fraction of sp³-hybridized carbons (Fsp3) is 0.500. The molecule has 2 rings (SSSR count). The largest absolute Gasteiger partial charge is 0.363 e. The smallest absolute Gasteiger partial charge is 0.221 e. The van der Waals surface area contributed by atoms with E-state index in [9.17, 15) is 4.79 Å². The number of rotatable bonds is 1. The highest BCUT2D eigenvalue weighted by Gasteiger charge is 2.23. The summed E-state index contributed by atoms with van der Waals surface area (Å²) < 4.78 is 4.06. The number of nitrogens with one attached hydrogen (secondary N) is 2. The topological polar surface area (TPSA) is 49.9 Å². The van der Waals surface area contributed by atoms with Crippen molar-refractivity contribution in [2.45, 2.75) is 13.5 Å². The van der Waals surface area contributed by atoms with Crippen LogP contribution in [0.2, 0.25) is 0 Å². The Labute approximate surface area is 76.3 Å². The van der Waals surface area contributed by atoms with Gasteiger partial charge in [0, 0.05) is 13.5 Å². The minimum Gasteiger partial charge on any atom is -0.363 e. The molecule has 0 radical (unpaired) electrons. The second-order valence-electron chi connectivity index (χ2n) is 3.20. The molecule has 70 valence electrons. The molecule has 0 atom stereocenters. The zero-order valence-electron chi connectivity index (χ0n) is 7.79. The zero-order chi connectivity index (χ0) is 9.42. The summed E-state index contributed by atoms with van der Waals surface area (Å²) in [6.45, 7) is 3.39. The molecule has 0 spiro atoms. The van der Waals surface area contributed by atoms with Crippen LogP contribution in [0.5, 0.6) is 0 Å². The van der Waals surface area contributed by atoms with Crippen LogP contribution in [0.1, 0.15) is 6.92 Å². The lowest BCUT2D eigenvalue weighted by Gasteiger charge is -1.97. The van der Waals surface area contributed by atoms with Gasteiger partial charge in [-0.3, -0.25) is 4.79 Å². The maximum Gasteiger partial charge on any atom is 0.221 e. The van der Waals surface area contributed by atoms with Crippen LogP contribution in [0.4, 0.5) is 11.5 Å². The average molecular weight is 181 g/mol. The maximum atomic E-state index is 10.9. The number of hydrogen-bond acceptors (Lipinski definition) is 2. The summed E-state index contributed by atoms with van der Waals surface area (Å²) >= 11 is 0. The molecule has 13 heavy (non-hydrogen) atoms. The second-order valence-corrected chi connectivity index (χ2v) is 3.20. The Morgan fingerprint density at radius 3 is 3.23 bits per heavy atom. The molecule has 2 N–H and O–H groups in total. The Morgan fingerprint density at radius 1 is 1.77 bits per heavy atom. The molecule has 0 aromatic carbocycles. The van der Waals surface area contributed by atoms with Crippen molar-refractivity contribution in [3.8, 4) is 0 Å². The summed E-state index contributed by atoms with van der Waals surface area (Å²) in [6.07, 6.45) is 1.91. The normalized spacial score (nSPS) is 13.7. The highest BCUT2D eigenvalue weighted by Crippen LogP contribution is 2.22. The molecule has 1 aliphatic rings. The summed E-state index contributed by atoms with van der Waals surface area (Å²) in [6, 6.07) is 0. The Kier molecular flexibility index (Phi) is 1.72. The molecular formula is C8H13N4O+. The molecule has 1 aliphatic heterocycles. The molecule has 0 saturated heterocycles. The Bertz CT molecular complexity index is 355. The lowest BCUT2D eigenvalue weighted by atomic mass is 10.5. The first kappa shape index (κ1) is 8.10. The van der Waals surface area contributed by atoms with Crippen LogP contribution in [0.15, 0.2) is 6.20 Å². The molecule has 5 nitrogen and oxygen atoms in total. The minimum atomic E-state index is -0.0392. The first-order chi connectivity index (χ1) is 6.18. The van der Waals surface area contributed by atoms with Gasteiger partial charge in [0.05, 0.1) is 6.54 Å². The quantitative estimate of drug-likeness (QED) is 0.584. The monoisotopic (exact) mass is 181 g/mol. The first-order valence-corrected chi connectivity index (χ1v) is 4.29. The number of anilines is 2. The van der Waals surface area contributed by atoms with E-state index in [2.05, 4.69) is 15.3 Å². The Morgan fingerprint density at radius 2 is 2.54 bits per heavy atom. The number of carbonyl (C=O) groups excluding carboxylic acids is 1. The maximum absolute atomic E-state index is 10.9. The number of nitrogens with zero attached hydrogens (tertiary/aromatic N) is 2. The number of carbonyl (C=O) groups is 1. The van der Waals surface area contributed by atoms with Crippen LogP contribution in [0, 0.1) is 0 Å². The summed E-state index contributed by atoms with van der Waals surface area (Å²) in [5, 5.41) is 6.01. The molecule has 0 fully saturated rings. The third kappa shape index (κ3) is 1.26. The van der Waals surface area contributed by atoms with Crippen molar-refractivity contribution < 1.29 is 9.48 Å². The Hall–Kier alpha value is -1.52. The SMILES string of the molecule is CC(=O)Nc1c[n+](C)n2c1NCC2. The summed E-state index contributed by atoms with van der Waals surface area (Å²) in [5.41, 5.74) is 0.854. The molecule has 5 heteroatoms. The van der Waals surface area contributed by atoms with E-state index in [0.717, 1.165) is 24.6 Å². The van der Waals surface area contributed by atoms with Crippen molar-refractivity contribution >= 4 is 17.4 Å². The minimum absolute atomic E-state index is 0.0392. The average Bonchev–Trinajstić information content (AvgIpc) is 2.56. The van der Waals surface area contributed by atoms with Crippen LogP contribution < -0.4 is 15.3 Å². The van der Waals surface area contributed by atoms with Gasteiger partial charge in [-0.1, -0.05) is 0 Å². The molecule has 0 saturated carbocycles. The predicted octanol–water partition coefficient (Wildman–Crippen LogP) is -0.304. The van der Waals surface area contributed by atoms with E-state index in [1.165, 1.54) is 6.92 Å². The van der Waals surface area contributed by atoms with Crippen molar-refractivity contribution in [2.75, 3.05) is 17.2 Å². The standard InChI is InChI=1S/C8H12N4O/c1-6(13)10-7-5-11(2)12-4-3-9-8(7)12/h5H,3-4H2,1-2H3,(H,10,13)/p+1. The number of aromatic nitrogens is 2. The van der Waals surface area contributed by atoms with E-state index in [-0.39, 0.29) is 5.91 Å². The fourth-order valence-corrected chi connectivity index (χ4v) is 1.63. The molecule has 1 aromatic rings. The molecule has 0 bridgehead atoms. The van der Waals surface area contributed by atoms with E-state index >= 15 is 0 Å². The molecular weight excluding hydrogens is 168 g/mol. The van der Waals surface area contributed by atoms with E-state index in [4.69, 9.17) is 0 Å². The predicted molar refractivity (Wildman–Crippen MR) is 48.4 cm³/mol. The summed E-state index contributed by atoms with van der Waals surface area (Å²) in [7, 11) is 1.96. The van der Waals surface area contributed by atoms with Gasteiger partial charge in [0.1, 0.15) is 0 Å². The van der Waals surface area contributed by atoms with Crippen molar-refractivity contribution in [2.24, 2.45) is 7.05 Å². The molecule has 0 aliphatic carbocycles. The van der Waals surface area contributed by atoms with Gasteiger partial charge in [-0.15, -0.1) is 9.36 Å². The van der Waals surface area contributed by atoms with Crippen LogP contribution in [-0.2, 0) is 18.4 Å². The van der Waals surface area contributed by atoms with E-state index in [0.29, 0.717) is 0 Å².